The smallest absolute Gasteiger partial charge is 0.0767 e. The summed E-state index contributed by atoms with van der Waals surface area (Å²) in [4.78, 5) is 2.57. The van der Waals surface area contributed by atoms with Crippen LogP contribution < -0.4 is 5.32 Å². The first-order valence-electron chi connectivity index (χ1n) is 7.61. The van der Waals surface area contributed by atoms with Gasteiger partial charge in [-0.1, -0.05) is 20.8 Å². The molecule has 0 spiro atoms. The van der Waals surface area contributed by atoms with Crippen molar-refractivity contribution < 1.29 is 0 Å². The highest BCUT2D eigenvalue weighted by Gasteiger charge is 2.28. The molecule has 20 heavy (non-hydrogen) atoms. The fraction of sp³-hybridized carbons (Fsp3) is 0.800. The summed E-state index contributed by atoms with van der Waals surface area (Å²) in [5.74, 6) is 0.672. The SMILES string of the molecule is CCc1nn(C)c(CN2CC(C(C)C)NCC2C)c1Br. The van der Waals surface area contributed by atoms with Crippen molar-refractivity contribution in [1.82, 2.24) is 20.0 Å². The van der Waals surface area contributed by atoms with Crippen molar-refractivity contribution in [3.8, 4) is 0 Å². The molecule has 0 saturated carbocycles. The highest BCUT2D eigenvalue weighted by atomic mass is 79.9. The van der Waals surface area contributed by atoms with E-state index in [9.17, 15) is 0 Å². The van der Waals surface area contributed by atoms with Crippen LogP contribution in [0.4, 0.5) is 0 Å². The molecule has 5 heteroatoms. The van der Waals surface area contributed by atoms with E-state index in [0.717, 1.165) is 31.7 Å². The Morgan fingerprint density at radius 2 is 2.15 bits per heavy atom. The van der Waals surface area contributed by atoms with Gasteiger partial charge in [0.2, 0.25) is 0 Å². The van der Waals surface area contributed by atoms with Crippen LogP contribution in [-0.2, 0) is 20.0 Å². The predicted octanol–water partition coefficient (Wildman–Crippen LogP) is 2.56. The van der Waals surface area contributed by atoms with Crippen LogP contribution in [0.3, 0.4) is 0 Å². The molecule has 0 radical (unpaired) electrons. The Labute approximate surface area is 131 Å². The highest BCUT2D eigenvalue weighted by molar-refractivity contribution is 9.10. The molecule has 2 rings (SSSR count). The van der Waals surface area contributed by atoms with E-state index in [1.165, 1.54) is 10.2 Å². The topological polar surface area (TPSA) is 33.1 Å². The Morgan fingerprint density at radius 1 is 1.45 bits per heavy atom. The molecule has 0 bridgehead atoms. The van der Waals surface area contributed by atoms with E-state index in [1.807, 2.05) is 11.7 Å². The molecule has 1 fully saturated rings. The summed E-state index contributed by atoms with van der Waals surface area (Å²) < 4.78 is 3.22. The Hall–Kier alpha value is -0.390. The van der Waals surface area contributed by atoms with Gasteiger partial charge in [-0.2, -0.15) is 5.10 Å². The van der Waals surface area contributed by atoms with E-state index in [0.29, 0.717) is 18.0 Å². The molecule has 1 aliphatic rings. The molecule has 1 aromatic heterocycles. The fourth-order valence-electron chi connectivity index (χ4n) is 2.80. The first-order valence-corrected chi connectivity index (χ1v) is 8.41. The van der Waals surface area contributed by atoms with E-state index in [-0.39, 0.29) is 0 Å². The number of aryl methyl sites for hydroxylation is 2. The fourth-order valence-corrected chi connectivity index (χ4v) is 3.54. The zero-order valence-electron chi connectivity index (χ0n) is 13.3. The first-order chi connectivity index (χ1) is 9.43. The van der Waals surface area contributed by atoms with Crippen LogP contribution in [0.15, 0.2) is 4.47 Å². The maximum Gasteiger partial charge on any atom is 0.0767 e. The summed E-state index contributed by atoms with van der Waals surface area (Å²) in [6, 6.07) is 1.15. The molecule has 1 aromatic rings. The lowest BCUT2D eigenvalue weighted by molar-refractivity contribution is 0.113. The summed E-state index contributed by atoms with van der Waals surface area (Å²) in [5, 5.41) is 8.25. The van der Waals surface area contributed by atoms with Crippen molar-refractivity contribution in [2.45, 2.75) is 52.7 Å². The van der Waals surface area contributed by atoms with Crippen LogP contribution in [0.5, 0.6) is 0 Å². The number of rotatable bonds is 4. The van der Waals surface area contributed by atoms with Crippen LogP contribution >= 0.6 is 15.9 Å². The van der Waals surface area contributed by atoms with Gasteiger partial charge >= 0.3 is 0 Å². The molecule has 2 heterocycles. The minimum Gasteiger partial charge on any atom is -0.311 e. The lowest BCUT2D eigenvalue weighted by atomic mass is 9.99. The van der Waals surface area contributed by atoms with E-state index in [1.54, 1.807) is 0 Å². The molecule has 0 aromatic carbocycles. The van der Waals surface area contributed by atoms with Crippen LogP contribution in [0.25, 0.3) is 0 Å². The second kappa shape index (κ2) is 6.58. The molecule has 1 saturated heterocycles. The van der Waals surface area contributed by atoms with Gasteiger partial charge < -0.3 is 5.32 Å². The minimum atomic E-state index is 0.567. The molecule has 1 N–H and O–H groups in total. The maximum atomic E-state index is 4.60. The van der Waals surface area contributed by atoms with Crippen molar-refractivity contribution in [2.75, 3.05) is 13.1 Å². The molecule has 0 aliphatic carbocycles. The largest absolute Gasteiger partial charge is 0.311 e. The number of halogens is 1. The van der Waals surface area contributed by atoms with Crippen molar-refractivity contribution in [2.24, 2.45) is 13.0 Å². The van der Waals surface area contributed by atoms with Crippen LogP contribution in [0.2, 0.25) is 0 Å². The molecule has 2 unspecified atom stereocenters. The van der Waals surface area contributed by atoms with Gasteiger partial charge in [0, 0.05) is 38.8 Å². The number of piperazine rings is 1. The van der Waals surface area contributed by atoms with Gasteiger partial charge in [-0.3, -0.25) is 9.58 Å². The van der Waals surface area contributed by atoms with Crippen LogP contribution in [-0.4, -0.2) is 39.9 Å². The first kappa shape index (κ1) is 16.0. The van der Waals surface area contributed by atoms with E-state index in [4.69, 9.17) is 0 Å². The molecule has 0 amide bonds. The van der Waals surface area contributed by atoms with Crippen molar-refractivity contribution in [3.05, 3.63) is 15.9 Å². The lowest BCUT2D eigenvalue weighted by Crippen LogP contribution is -2.56. The van der Waals surface area contributed by atoms with E-state index < -0.39 is 0 Å². The summed E-state index contributed by atoms with van der Waals surface area (Å²) in [5.41, 5.74) is 2.45. The summed E-state index contributed by atoms with van der Waals surface area (Å²) in [6.45, 7) is 12.2. The van der Waals surface area contributed by atoms with Gasteiger partial charge in [-0.15, -0.1) is 0 Å². The Kier molecular flexibility index (Phi) is 5.26. The highest BCUT2D eigenvalue weighted by Crippen LogP contribution is 2.24. The van der Waals surface area contributed by atoms with Crippen molar-refractivity contribution in [1.29, 1.82) is 0 Å². The molecule has 4 nitrogen and oxygen atoms in total. The standard InChI is InChI=1S/C15H27BrN4/c1-6-12-15(16)14(19(5)18-12)9-20-8-13(10(2)3)17-7-11(20)4/h10-11,13,17H,6-9H2,1-5H3. The van der Waals surface area contributed by atoms with Gasteiger partial charge in [0.05, 0.1) is 15.9 Å². The summed E-state index contributed by atoms with van der Waals surface area (Å²) >= 11 is 3.73. The summed E-state index contributed by atoms with van der Waals surface area (Å²) in [7, 11) is 2.05. The normalized spacial score (nSPS) is 24.6. The van der Waals surface area contributed by atoms with Gasteiger partial charge in [0.15, 0.2) is 0 Å². The number of hydrogen-bond donors (Lipinski definition) is 1. The van der Waals surface area contributed by atoms with Gasteiger partial charge in [0.1, 0.15) is 0 Å². The monoisotopic (exact) mass is 342 g/mol. The van der Waals surface area contributed by atoms with E-state index >= 15 is 0 Å². The molecular formula is C15H27BrN4. The molecule has 1 aliphatic heterocycles. The average molecular weight is 343 g/mol. The van der Waals surface area contributed by atoms with Crippen LogP contribution in [0, 0.1) is 5.92 Å². The Balaban J connectivity index is 2.13. The summed E-state index contributed by atoms with van der Waals surface area (Å²) in [6.07, 6.45) is 0.972. The Bertz CT molecular complexity index is 455. The van der Waals surface area contributed by atoms with Crippen molar-refractivity contribution >= 4 is 15.9 Å². The van der Waals surface area contributed by atoms with E-state index in [2.05, 4.69) is 58.9 Å². The zero-order chi connectivity index (χ0) is 14.9. The lowest BCUT2D eigenvalue weighted by Gasteiger charge is -2.40. The Morgan fingerprint density at radius 3 is 2.70 bits per heavy atom. The predicted molar refractivity (Wildman–Crippen MR) is 86.8 cm³/mol. The zero-order valence-corrected chi connectivity index (χ0v) is 14.9. The third-order valence-electron chi connectivity index (χ3n) is 4.39. The quantitative estimate of drug-likeness (QED) is 0.912. The van der Waals surface area contributed by atoms with Crippen molar-refractivity contribution in [3.63, 3.8) is 0 Å². The van der Waals surface area contributed by atoms with Gasteiger partial charge in [-0.25, -0.2) is 0 Å². The number of nitrogens with zero attached hydrogens (tertiary/aromatic N) is 3. The number of aromatic nitrogens is 2. The maximum absolute atomic E-state index is 4.60. The number of nitrogens with one attached hydrogen (secondary N) is 1. The average Bonchev–Trinajstić information content (AvgIpc) is 2.68. The second-order valence-corrected chi connectivity index (χ2v) is 7.01. The molecular weight excluding hydrogens is 316 g/mol. The second-order valence-electron chi connectivity index (χ2n) is 6.22. The van der Waals surface area contributed by atoms with Crippen LogP contribution in [0.1, 0.15) is 39.1 Å². The molecule has 114 valence electrons. The third-order valence-corrected chi connectivity index (χ3v) is 5.31. The number of hydrogen-bond acceptors (Lipinski definition) is 3. The van der Waals surface area contributed by atoms with Gasteiger partial charge in [0.25, 0.3) is 0 Å². The third kappa shape index (κ3) is 3.26. The molecule has 2 atom stereocenters. The minimum absolute atomic E-state index is 0.567. The van der Waals surface area contributed by atoms with Gasteiger partial charge in [-0.05, 0) is 35.2 Å².